The Kier molecular flexibility index (Phi) is 4.18. The van der Waals surface area contributed by atoms with Gasteiger partial charge >= 0.3 is 0 Å². The number of aromatic nitrogens is 1. The quantitative estimate of drug-likeness (QED) is 0.875. The van der Waals surface area contributed by atoms with Gasteiger partial charge in [0, 0.05) is 20.8 Å². The minimum Gasteiger partial charge on any atom is -0.378 e. The van der Waals surface area contributed by atoms with Crippen molar-refractivity contribution in [2.75, 3.05) is 5.32 Å². The summed E-state index contributed by atoms with van der Waals surface area (Å²) in [7, 11) is 0. The summed E-state index contributed by atoms with van der Waals surface area (Å²) in [5.74, 6) is 0. The number of hydrogen-bond acceptors (Lipinski definition) is 2. The molecule has 0 amide bonds. The number of rotatable bonds is 3. The first-order valence-electron chi connectivity index (χ1n) is 5.26. The van der Waals surface area contributed by atoms with Crippen molar-refractivity contribution in [2.45, 2.75) is 13.5 Å². The van der Waals surface area contributed by atoms with Crippen molar-refractivity contribution in [1.82, 2.24) is 4.98 Å². The largest absolute Gasteiger partial charge is 0.378 e. The minimum atomic E-state index is 0.729. The third kappa shape index (κ3) is 3.30. The fraction of sp³-hybridized carbons (Fsp3) is 0.154. The molecule has 0 aliphatic rings. The van der Waals surface area contributed by atoms with Crippen molar-refractivity contribution in [1.29, 1.82) is 0 Å². The molecule has 88 valence electrons. The molecule has 0 fully saturated rings. The van der Waals surface area contributed by atoms with E-state index in [9.17, 15) is 0 Å². The van der Waals surface area contributed by atoms with Crippen LogP contribution >= 0.6 is 31.9 Å². The molecule has 0 bridgehead atoms. The lowest BCUT2D eigenvalue weighted by Gasteiger charge is -2.09. The summed E-state index contributed by atoms with van der Waals surface area (Å²) in [5, 5.41) is 3.37. The van der Waals surface area contributed by atoms with Gasteiger partial charge in [-0.05, 0) is 52.7 Å². The number of halogens is 2. The van der Waals surface area contributed by atoms with Crippen LogP contribution in [0.25, 0.3) is 0 Å². The van der Waals surface area contributed by atoms with E-state index >= 15 is 0 Å². The molecule has 17 heavy (non-hydrogen) atoms. The Labute approximate surface area is 118 Å². The third-order valence-electron chi connectivity index (χ3n) is 2.50. The Morgan fingerprint density at radius 3 is 2.76 bits per heavy atom. The lowest BCUT2D eigenvalue weighted by molar-refractivity contribution is 1.02. The van der Waals surface area contributed by atoms with Crippen molar-refractivity contribution in [2.24, 2.45) is 0 Å². The van der Waals surface area contributed by atoms with Gasteiger partial charge in [0.15, 0.2) is 0 Å². The van der Waals surface area contributed by atoms with E-state index in [1.54, 1.807) is 0 Å². The predicted molar refractivity (Wildman–Crippen MR) is 78.1 cm³/mol. The SMILES string of the molecule is Cc1cccnc1CNc1ccc(Br)cc1Br. The maximum atomic E-state index is 4.35. The standard InChI is InChI=1S/C13H12Br2N2/c1-9-3-2-6-16-13(9)8-17-12-5-4-10(14)7-11(12)15/h2-7,17H,8H2,1H3. The molecule has 0 saturated heterocycles. The lowest BCUT2D eigenvalue weighted by atomic mass is 10.2. The average Bonchev–Trinajstić information content (AvgIpc) is 2.30. The van der Waals surface area contributed by atoms with Gasteiger partial charge in [-0.1, -0.05) is 22.0 Å². The van der Waals surface area contributed by atoms with Crippen LogP contribution in [0.15, 0.2) is 45.5 Å². The van der Waals surface area contributed by atoms with E-state index in [2.05, 4.69) is 55.2 Å². The van der Waals surface area contributed by atoms with E-state index in [1.807, 2.05) is 30.5 Å². The van der Waals surface area contributed by atoms with Crippen LogP contribution in [-0.4, -0.2) is 4.98 Å². The fourth-order valence-corrected chi connectivity index (χ4v) is 2.70. The highest BCUT2D eigenvalue weighted by Gasteiger charge is 2.02. The maximum Gasteiger partial charge on any atom is 0.0623 e. The van der Waals surface area contributed by atoms with Crippen molar-refractivity contribution in [3.63, 3.8) is 0 Å². The molecule has 1 aromatic carbocycles. The van der Waals surface area contributed by atoms with E-state index in [4.69, 9.17) is 0 Å². The smallest absolute Gasteiger partial charge is 0.0623 e. The van der Waals surface area contributed by atoms with E-state index in [-0.39, 0.29) is 0 Å². The first kappa shape index (κ1) is 12.6. The van der Waals surface area contributed by atoms with Crippen molar-refractivity contribution >= 4 is 37.5 Å². The van der Waals surface area contributed by atoms with Crippen molar-refractivity contribution in [3.05, 3.63) is 56.7 Å². The van der Waals surface area contributed by atoms with E-state index < -0.39 is 0 Å². The van der Waals surface area contributed by atoms with Gasteiger partial charge in [-0.15, -0.1) is 0 Å². The molecule has 2 nitrogen and oxygen atoms in total. The van der Waals surface area contributed by atoms with Crippen LogP contribution in [0.1, 0.15) is 11.3 Å². The van der Waals surface area contributed by atoms with Gasteiger partial charge in [0.1, 0.15) is 0 Å². The summed E-state index contributed by atoms with van der Waals surface area (Å²) in [6.45, 7) is 2.80. The summed E-state index contributed by atoms with van der Waals surface area (Å²) in [5.41, 5.74) is 3.34. The molecule has 0 radical (unpaired) electrons. The van der Waals surface area contributed by atoms with Gasteiger partial charge in [-0.3, -0.25) is 4.98 Å². The second-order valence-electron chi connectivity index (χ2n) is 3.74. The first-order chi connectivity index (χ1) is 8.16. The molecule has 0 unspecified atom stereocenters. The minimum absolute atomic E-state index is 0.729. The van der Waals surface area contributed by atoms with Crippen LogP contribution in [-0.2, 0) is 6.54 Å². The molecule has 1 N–H and O–H groups in total. The van der Waals surface area contributed by atoms with Crippen LogP contribution in [0.3, 0.4) is 0 Å². The second-order valence-corrected chi connectivity index (χ2v) is 5.51. The van der Waals surface area contributed by atoms with E-state index in [1.165, 1.54) is 5.56 Å². The summed E-state index contributed by atoms with van der Waals surface area (Å²) in [6.07, 6.45) is 1.82. The zero-order valence-corrected chi connectivity index (χ0v) is 12.5. The number of anilines is 1. The lowest BCUT2D eigenvalue weighted by Crippen LogP contribution is -2.03. The monoisotopic (exact) mass is 354 g/mol. The number of nitrogens with zero attached hydrogens (tertiary/aromatic N) is 1. The van der Waals surface area contributed by atoms with Crippen LogP contribution in [0.5, 0.6) is 0 Å². The Hall–Kier alpha value is -0.870. The number of hydrogen-bond donors (Lipinski definition) is 1. The molecule has 4 heteroatoms. The van der Waals surface area contributed by atoms with Gasteiger partial charge < -0.3 is 5.32 Å². The molecular weight excluding hydrogens is 344 g/mol. The Balaban J connectivity index is 2.10. The normalized spacial score (nSPS) is 10.3. The molecule has 2 rings (SSSR count). The highest BCUT2D eigenvalue weighted by Crippen LogP contribution is 2.26. The predicted octanol–water partition coefficient (Wildman–Crippen LogP) is 4.53. The Morgan fingerprint density at radius 1 is 1.24 bits per heavy atom. The van der Waals surface area contributed by atoms with E-state index in [0.29, 0.717) is 0 Å². The second kappa shape index (κ2) is 5.65. The number of aryl methyl sites for hydroxylation is 1. The van der Waals surface area contributed by atoms with Gasteiger partial charge in [0.05, 0.1) is 12.2 Å². The van der Waals surface area contributed by atoms with Gasteiger partial charge in [0.25, 0.3) is 0 Å². The Bertz CT molecular complexity index is 527. The molecule has 1 heterocycles. The highest BCUT2D eigenvalue weighted by molar-refractivity contribution is 9.11. The molecule has 1 aromatic heterocycles. The van der Waals surface area contributed by atoms with Gasteiger partial charge in [0.2, 0.25) is 0 Å². The van der Waals surface area contributed by atoms with Crippen LogP contribution in [0.2, 0.25) is 0 Å². The first-order valence-corrected chi connectivity index (χ1v) is 6.85. The van der Waals surface area contributed by atoms with Gasteiger partial charge in [-0.2, -0.15) is 0 Å². The number of nitrogens with one attached hydrogen (secondary N) is 1. The summed E-state index contributed by atoms with van der Waals surface area (Å²) in [6, 6.07) is 10.1. The molecule has 0 atom stereocenters. The van der Waals surface area contributed by atoms with Crippen LogP contribution in [0, 0.1) is 6.92 Å². The summed E-state index contributed by atoms with van der Waals surface area (Å²) in [4.78, 5) is 4.35. The average molecular weight is 356 g/mol. The summed E-state index contributed by atoms with van der Waals surface area (Å²) >= 11 is 6.96. The highest BCUT2D eigenvalue weighted by atomic mass is 79.9. The molecule has 0 spiro atoms. The zero-order chi connectivity index (χ0) is 12.3. The van der Waals surface area contributed by atoms with Gasteiger partial charge in [-0.25, -0.2) is 0 Å². The number of benzene rings is 1. The summed E-state index contributed by atoms with van der Waals surface area (Å²) < 4.78 is 2.10. The topological polar surface area (TPSA) is 24.9 Å². The molecule has 2 aromatic rings. The molecule has 0 aliphatic heterocycles. The molecule has 0 aliphatic carbocycles. The zero-order valence-electron chi connectivity index (χ0n) is 9.37. The molecular formula is C13H12Br2N2. The van der Waals surface area contributed by atoms with Crippen molar-refractivity contribution in [3.8, 4) is 0 Å². The van der Waals surface area contributed by atoms with Crippen LogP contribution < -0.4 is 5.32 Å². The molecule has 0 saturated carbocycles. The van der Waals surface area contributed by atoms with E-state index in [0.717, 1.165) is 26.9 Å². The fourth-order valence-electron chi connectivity index (χ4n) is 1.52. The maximum absolute atomic E-state index is 4.35. The van der Waals surface area contributed by atoms with Crippen molar-refractivity contribution < 1.29 is 0 Å². The van der Waals surface area contributed by atoms with Crippen LogP contribution in [0.4, 0.5) is 5.69 Å². The Morgan fingerprint density at radius 2 is 2.06 bits per heavy atom. The number of pyridine rings is 1. The third-order valence-corrected chi connectivity index (χ3v) is 3.64.